The minimum absolute atomic E-state index is 0.199. The molecule has 1 fully saturated rings. The van der Waals surface area contributed by atoms with Gasteiger partial charge >= 0.3 is 0 Å². The Morgan fingerprint density at radius 1 is 1.35 bits per heavy atom. The lowest BCUT2D eigenvalue weighted by molar-refractivity contribution is -0.124. The molecular formula is C15H20N2O5S. The smallest absolute Gasteiger partial charge is 0.238 e. The molecule has 8 heteroatoms. The molecule has 23 heavy (non-hydrogen) atoms. The summed E-state index contributed by atoms with van der Waals surface area (Å²) in [5.41, 5.74) is 0.881. The van der Waals surface area contributed by atoms with Gasteiger partial charge in [0, 0.05) is 6.54 Å². The summed E-state index contributed by atoms with van der Waals surface area (Å²) in [5, 5.41) is 2.89. The fraction of sp³-hybridized carbons (Fsp3) is 0.533. The van der Waals surface area contributed by atoms with E-state index in [0.717, 1.165) is 11.8 Å². The van der Waals surface area contributed by atoms with E-state index < -0.39 is 16.1 Å². The van der Waals surface area contributed by atoms with Crippen LogP contribution in [0.5, 0.6) is 11.5 Å². The maximum absolute atomic E-state index is 12.4. The SMILES string of the molecule is CC(NC(=O)C1CCCN1S(C)(=O)=O)c1ccc2c(c1)OCO2. The average molecular weight is 340 g/mol. The van der Waals surface area contributed by atoms with Crippen molar-refractivity contribution < 1.29 is 22.7 Å². The summed E-state index contributed by atoms with van der Waals surface area (Å²) in [4.78, 5) is 12.4. The number of ether oxygens (including phenoxy) is 2. The molecule has 1 N–H and O–H groups in total. The van der Waals surface area contributed by atoms with E-state index in [1.165, 1.54) is 4.31 Å². The summed E-state index contributed by atoms with van der Waals surface area (Å²) in [6.45, 7) is 2.45. The van der Waals surface area contributed by atoms with Crippen molar-refractivity contribution in [2.24, 2.45) is 0 Å². The molecular weight excluding hydrogens is 320 g/mol. The average Bonchev–Trinajstić information content (AvgIpc) is 3.14. The number of hydrogen-bond acceptors (Lipinski definition) is 5. The molecule has 0 aromatic heterocycles. The summed E-state index contributed by atoms with van der Waals surface area (Å²) in [6.07, 6.45) is 2.39. The topological polar surface area (TPSA) is 84.9 Å². The maximum atomic E-state index is 12.4. The van der Waals surface area contributed by atoms with E-state index in [9.17, 15) is 13.2 Å². The summed E-state index contributed by atoms with van der Waals surface area (Å²) in [6, 6.07) is 4.62. The molecule has 7 nitrogen and oxygen atoms in total. The molecule has 0 spiro atoms. The van der Waals surface area contributed by atoms with Gasteiger partial charge < -0.3 is 14.8 Å². The van der Waals surface area contributed by atoms with Crippen molar-refractivity contribution in [1.82, 2.24) is 9.62 Å². The zero-order chi connectivity index (χ0) is 16.6. The Hall–Kier alpha value is -1.80. The second-order valence-electron chi connectivity index (χ2n) is 5.87. The van der Waals surface area contributed by atoms with Crippen LogP contribution in [0.2, 0.25) is 0 Å². The van der Waals surface area contributed by atoms with Crippen molar-refractivity contribution in [3.8, 4) is 11.5 Å². The third kappa shape index (κ3) is 3.28. The first-order valence-corrected chi connectivity index (χ1v) is 9.38. The van der Waals surface area contributed by atoms with E-state index >= 15 is 0 Å². The van der Waals surface area contributed by atoms with Crippen LogP contribution in [0.15, 0.2) is 18.2 Å². The Labute approximate surface area is 135 Å². The standard InChI is InChI=1S/C15H20N2O5S/c1-10(11-5-6-13-14(8-11)22-9-21-13)16-15(18)12-4-3-7-17(12)23(2,19)20/h5-6,8,10,12H,3-4,7,9H2,1-2H3,(H,16,18). The molecule has 1 aromatic carbocycles. The molecule has 3 rings (SSSR count). The van der Waals surface area contributed by atoms with Gasteiger partial charge in [0.15, 0.2) is 11.5 Å². The maximum Gasteiger partial charge on any atom is 0.238 e. The molecule has 0 saturated carbocycles. The Morgan fingerprint density at radius 2 is 2.09 bits per heavy atom. The van der Waals surface area contributed by atoms with Crippen molar-refractivity contribution in [2.45, 2.75) is 31.8 Å². The number of benzene rings is 1. The first kappa shape index (κ1) is 16.1. The Kier molecular flexibility index (Phi) is 4.20. The molecule has 0 radical (unpaired) electrons. The number of carbonyl (C=O) groups is 1. The van der Waals surface area contributed by atoms with Gasteiger partial charge in [-0.2, -0.15) is 4.31 Å². The lowest BCUT2D eigenvalue weighted by atomic mass is 10.1. The Bertz CT molecular complexity index is 719. The number of fused-ring (bicyclic) bond motifs is 1. The van der Waals surface area contributed by atoms with Gasteiger partial charge in [-0.15, -0.1) is 0 Å². The minimum Gasteiger partial charge on any atom is -0.454 e. The van der Waals surface area contributed by atoms with Crippen molar-refractivity contribution in [3.63, 3.8) is 0 Å². The summed E-state index contributed by atoms with van der Waals surface area (Å²) >= 11 is 0. The van der Waals surface area contributed by atoms with E-state index in [2.05, 4.69) is 5.32 Å². The highest BCUT2D eigenvalue weighted by Gasteiger charge is 2.36. The van der Waals surface area contributed by atoms with E-state index in [1.54, 1.807) is 6.07 Å². The van der Waals surface area contributed by atoms with Crippen molar-refractivity contribution in [1.29, 1.82) is 0 Å². The molecule has 126 valence electrons. The van der Waals surface area contributed by atoms with Gasteiger partial charge in [0.05, 0.1) is 12.3 Å². The lowest BCUT2D eigenvalue weighted by Gasteiger charge is -2.23. The molecule has 0 aliphatic carbocycles. The third-order valence-corrected chi connectivity index (χ3v) is 5.48. The van der Waals surface area contributed by atoms with Crippen LogP contribution in [0.25, 0.3) is 0 Å². The second-order valence-corrected chi connectivity index (χ2v) is 7.81. The molecule has 1 amide bonds. The first-order valence-electron chi connectivity index (χ1n) is 7.53. The second kappa shape index (κ2) is 6.01. The van der Waals surface area contributed by atoms with E-state index in [1.807, 2.05) is 19.1 Å². The number of sulfonamides is 1. The molecule has 1 aromatic rings. The predicted octanol–water partition coefficient (Wildman–Crippen LogP) is 1.02. The molecule has 2 aliphatic heterocycles. The van der Waals surface area contributed by atoms with Gasteiger partial charge in [0.2, 0.25) is 22.7 Å². The minimum atomic E-state index is -3.37. The molecule has 2 aliphatic rings. The van der Waals surface area contributed by atoms with Crippen LogP contribution in [-0.4, -0.2) is 44.3 Å². The number of carbonyl (C=O) groups excluding carboxylic acids is 1. The molecule has 1 saturated heterocycles. The van der Waals surface area contributed by atoms with Crippen LogP contribution >= 0.6 is 0 Å². The van der Waals surface area contributed by atoms with Crippen LogP contribution in [0, 0.1) is 0 Å². The monoisotopic (exact) mass is 340 g/mol. The van der Waals surface area contributed by atoms with E-state index in [4.69, 9.17) is 9.47 Å². The molecule has 2 unspecified atom stereocenters. The van der Waals surface area contributed by atoms with Gasteiger partial charge in [0.1, 0.15) is 6.04 Å². The number of hydrogen-bond donors (Lipinski definition) is 1. The van der Waals surface area contributed by atoms with Gasteiger partial charge in [0.25, 0.3) is 0 Å². The van der Waals surface area contributed by atoms with Crippen LogP contribution in [-0.2, 0) is 14.8 Å². The highest BCUT2D eigenvalue weighted by molar-refractivity contribution is 7.88. The van der Waals surface area contributed by atoms with Gasteiger partial charge in [-0.05, 0) is 37.5 Å². The highest BCUT2D eigenvalue weighted by atomic mass is 32.2. The van der Waals surface area contributed by atoms with E-state index in [0.29, 0.717) is 30.9 Å². The Balaban J connectivity index is 1.70. The van der Waals surface area contributed by atoms with Gasteiger partial charge in [-0.25, -0.2) is 8.42 Å². The fourth-order valence-corrected chi connectivity index (χ4v) is 4.10. The van der Waals surface area contributed by atoms with Crippen LogP contribution < -0.4 is 14.8 Å². The molecule has 2 atom stereocenters. The largest absolute Gasteiger partial charge is 0.454 e. The van der Waals surface area contributed by atoms with Gasteiger partial charge in [-0.1, -0.05) is 6.07 Å². The Morgan fingerprint density at radius 3 is 2.83 bits per heavy atom. The normalized spacial score (nSPS) is 22.1. The predicted molar refractivity (Wildman–Crippen MR) is 83.7 cm³/mol. The van der Waals surface area contributed by atoms with Gasteiger partial charge in [-0.3, -0.25) is 4.79 Å². The van der Waals surface area contributed by atoms with Crippen LogP contribution in [0.3, 0.4) is 0 Å². The molecule has 2 heterocycles. The van der Waals surface area contributed by atoms with Crippen LogP contribution in [0.4, 0.5) is 0 Å². The first-order chi connectivity index (χ1) is 10.9. The van der Waals surface area contributed by atoms with Crippen molar-refractivity contribution >= 4 is 15.9 Å². The van der Waals surface area contributed by atoms with Crippen molar-refractivity contribution in [2.75, 3.05) is 19.6 Å². The van der Waals surface area contributed by atoms with E-state index in [-0.39, 0.29) is 18.7 Å². The quantitative estimate of drug-likeness (QED) is 0.884. The summed E-state index contributed by atoms with van der Waals surface area (Å²) in [5.74, 6) is 1.08. The zero-order valence-corrected chi connectivity index (χ0v) is 13.9. The van der Waals surface area contributed by atoms with Crippen LogP contribution in [0.1, 0.15) is 31.4 Å². The number of nitrogens with zero attached hydrogens (tertiary/aromatic N) is 1. The third-order valence-electron chi connectivity index (χ3n) is 4.19. The number of rotatable bonds is 4. The summed E-state index contributed by atoms with van der Waals surface area (Å²) < 4.78 is 35.4. The zero-order valence-electron chi connectivity index (χ0n) is 13.1. The number of amides is 1. The highest BCUT2D eigenvalue weighted by Crippen LogP contribution is 2.34. The lowest BCUT2D eigenvalue weighted by Crippen LogP contribution is -2.46. The van der Waals surface area contributed by atoms with Crippen molar-refractivity contribution in [3.05, 3.63) is 23.8 Å². The number of nitrogens with one attached hydrogen (secondary N) is 1. The summed E-state index contributed by atoms with van der Waals surface area (Å²) in [7, 11) is -3.37. The fourth-order valence-electron chi connectivity index (χ4n) is 2.97. The molecule has 0 bridgehead atoms.